The van der Waals surface area contributed by atoms with Crippen LogP contribution in [0.5, 0.6) is 0 Å². The van der Waals surface area contributed by atoms with E-state index in [9.17, 15) is 5.53 Å². The topological polar surface area (TPSA) is 36.4 Å². The van der Waals surface area contributed by atoms with Crippen LogP contribution in [0, 0.1) is 13.8 Å². The van der Waals surface area contributed by atoms with Gasteiger partial charge in [0, 0.05) is 5.57 Å². The molecule has 0 N–H and O–H groups in total. The van der Waals surface area contributed by atoms with E-state index in [0.717, 1.165) is 36.8 Å². The number of nitrogens with zero attached hydrogens (tertiary/aromatic N) is 2. The van der Waals surface area contributed by atoms with Gasteiger partial charge in [-0.25, -0.2) is 0 Å². The predicted molar refractivity (Wildman–Crippen MR) is 234 cm³/mol. The van der Waals surface area contributed by atoms with Crippen molar-refractivity contribution in [3.05, 3.63) is 126 Å². The zero-order valence-electron chi connectivity index (χ0n) is 35.1. The zero-order valence-corrected chi connectivity index (χ0v) is 36.1. The molecule has 0 amide bonds. The monoisotopic (exact) mass is 765 g/mol. The third-order valence-corrected chi connectivity index (χ3v) is 9.34. The first-order valence-electron chi connectivity index (χ1n) is 21.3. The van der Waals surface area contributed by atoms with Gasteiger partial charge in [-0.1, -0.05) is 184 Å². The number of benzene rings is 2. The van der Waals surface area contributed by atoms with Gasteiger partial charge in [-0.15, -0.1) is 4.79 Å². The average Bonchev–Trinajstić information content (AvgIpc) is 3.19. The molecule has 0 unspecified atom stereocenters. The van der Waals surface area contributed by atoms with Crippen LogP contribution < -0.4 is 0 Å². The van der Waals surface area contributed by atoms with E-state index in [1.54, 1.807) is 13.8 Å². The third kappa shape index (κ3) is 25.1. The maximum absolute atomic E-state index is 9.84. The first-order chi connectivity index (χ1) is 25.7. The van der Waals surface area contributed by atoms with Gasteiger partial charge in [0.25, 0.3) is 0 Å². The van der Waals surface area contributed by atoms with Crippen molar-refractivity contribution in [1.29, 1.82) is 0 Å². The molecule has 0 heterocycles. The van der Waals surface area contributed by atoms with Gasteiger partial charge < -0.3 is 19.4 Å². The molecule has 0 bridgehead atoms. The maximum Gasteiger partial charge on any atom is 2.00 e. The van der Waals surface area contributed by atoms with E-state index in [0.29, 0.717) is 0 Å². The minimum absolute atomic E-state index is 0. The van der Waals surface area contributed by atoms with Gasteiger partial charge in [-0.3, -0.25) is 0 Å². The summed E-state index contributed by atoms with van der Waals surface area (Å²) in [6.45, 7) is 19.1. The van der Waals surface area contributed by atoms with Crippen LogP contribution in [0.1, 0.15) is 192 Å². The third-order valence-electron chi connectivity index (χ3n) is 9.34. The summed E-state index contributed by atoms with van der Waals surface area (Å²) in [7, 11) is 0. The van der Waals surface area contributed by atoms with Crippen molar-refractivity contribution in [2.75, 3.05) is 0 Å². The summed E-state index contributed by atoms with van der Waals surface area (Å²) in [4.78, 5) is 3.47. The Kier molecular flexibility index (Phi) is 38.6. The van der Waals surface area contributed by atoms with Gasteiger partial charge in [-0.05, 0) is 85.3 Å². The van der Waals surface area contributed by atoms with E-state index in [-0.39, 0.29) is 16.5 Å². The van der Waals surface area contributed by atoms with Crippen LogP contribution in [-0.4, -0.2) is 10.7 Å². The van der Waals surface area contributed by atoms with Gasteiger partial charge in [-0.2, -0.15) is 13.8 Å². The molecule has 0 radical (unpaired) electrons. The Labute approximate surface area is 339 Å². The SMILES string of the molecule is CCCCCCCC=CC(=C=[N+]=[N-])C(C=CCCCCCCCCCCC)=C(c1ccc(CCCC)cc1)c1cccc(CCCC)c1.[CH2-]C.[CH2-]C.[Ni+2]. The minimum atomic E-state index is 0. The Morgan fingerprint density at radius 1 is 0.566 bits per heavy atom. The van der Waals surface area contributed by atoms with Crippen molar-refractivity contribution >= 4 is 11.4 Å². The second kappa shape index (κ2) is 39.0. The van der Waals surface area contributed by atoms with Crippen LogP contribution >= 0.6 is 0 Å². The van der Waals surface area contributed by atoms with E-state index >= 15 is 0 Å². The number of hydrogen-bond donors (Lipinski definition) is 0. The number of allylic oxidation sites excluding steroid dienone is 6. The Bertz CT molecular complexity index is 1300. The molecule has 0 aliphatic carbocycles. The molecule has 0 fully saturated rings. The van der Waals surface area contributed by atoms with E-state index in [4.69, 9.17) is 0 Å². The Morgan fingerprint density at radius 3 is 1.55 bits per heavy atom. The molecule has 53 heavy (non-hydrogen) atoms. The molecule has 0 atom stereocenters. The normalized spacial score (nSPS) is 11.1. The molecule has 0 saturated heterocycles. The first kappa shape index (κ1) is 52.4. The molecule has 2 nitrogen and oxygen atoms in total. The largest absolute Gasteiger partial charge is 2.00 e. The minimum Gasteiger partial charge on any atom is -0.348 e. The summed E-state index contributed by atoms with van der Waals surface area (Å²) in [5, 5.41) is 0. The zero-order chi connectivity index (χ0) is 38.5. The Balaban J connectivity index is 0. The van der Waals surface area contributed by atoms with E-state index in [1.807, 2.05) is 0 Å². The van der Waals surface area contributed by atoms with Crippen molar-refractivity contribution in [3.63, 3.8) is 0 Å². The molecule has 3 heteroatoms. The Morgan fingerprint density at radius 2 is 1.04 bits per heavy atom. The number of rotatable bonds is 27. The molecule has 0 spiro atoms. The molecule has 2 rings (SSSR count). The van der Waals surface area contributed by atoms with Gasteiger partial charge >= 0.3 is 22.4 Å². The fourth-order valence-corrected chi connectivity index (χ4v) is 6.35. The number of unbranched alkanes of at least 4 members (excludes halogenated alkanes) is 16. The summed E-state index contributed by atoms with van der Waals surface area (Å²) >= 11 is 0. The standard InChI is InChI=1S/C46H68N2.2C2H5.Ni/c1-5-9-13-15-17-18-19-20-22-24-26-33-45(44(39-48-47)31-25-23-21-16-14-10-6-2)46(42-36-34-40(35-37-42)28-11-7-3)43-32-27-30-41(38-43)29-12-8-4;2*1-2;/h25-27,30-38H,5-24,28-29H2,1-4H3;2*1H2,2H3;/q;2*-1;+2. The van der Waals surface area contributed by atoms with Crippen LogP contribution in [0.25, 0.3) is 11.1 Å². The van der Waals surface area contributed by atoms with Gasteiger partial charge in [0.05, 0.1) is 0 Å². The van der Waals surface area contributed by atoms with Gasteiger partial charge in [0.15, 0.2) is 0 Å². The molecule has 2 aromatic rings. The Hall–Kier alpha value is -2.69. The first-order valence-corrected chi connectivity index (χ1v) is 21.3. The van der Waals surface area contributed by atoms with Crippen LogP contribution in [0.2, 0.25) is 0 Å². The average molecular weight is 766 g/mol. The molecular weight excluding hydrogens is 687 g/mol. The second-order valence-corrected chi connectivity index (χ2v) is 13.6. The van der Waals surface area contributed by atoms with Crippen LogP contribution in [0.3, 0.4) is 0 Å². The van der Waals surface area contributed by atoms with Crippen LogP contribution in [0.15, 0.2) is 84.0 Å². The fraction of sp³-hybridized carbons (Fsp3) is 0.560. The van der Waals surface area contributed by atoms with Crippen molar-refractivity contribution in [3.8, 4) is 0 Å². The molecule has 0 aromatic heterocycles. The van der Waals surface area contributed by atoms with E-state index < -0.39 is 0 Å². The number of aryl methyl sites for hydroxylation is 2. The molecular formula is C50H78N2Ni. The van der Waals surface area contributed by atoms with Gasteiger partial charge in [0.1, 0.15) is 5.57 Å². The van der Waals surface area contributed by atoms with Crippen LogP contribution in [-0.2, 0) is 29.3 Å². The predicted octanol–water partition coefficient (Wildman–Crippen LogP) is 16.1. The fourth-order valence-electron chi connectivity index (χ4n) is 6.35. The second-order valence-electron chi connectivity index (χ2n) is 13.6. The molecule has 0 aliphatic heterocycles. The molecule has 2 aromatic carbocycles. The van der Waals surface area contributed by atoms with Crippen molar-refractivity contribution in [2.24, 2.45) is 0 Å². The molecule has 0 aliphatic rings. The molecule has 0 saturated carbocycles. The van der Waals surface area contributed by atoms with Gasteiger partial charge in [0.2, 0.25) is 0 Å². The quantitative estimate of drug-likeness (QED) is 0.0165. The maximum atomic E-state index is 9.84. The van der Waals surface area contributed by atoms with Crippen LogP contribution in [0.4, 0.5) is 0 Å². The molecule has 298 valence electrons. The van der Waals surface area contributed by atoms with E-state index in [1.165, 1.54) is 143 Å². The summed E-state index contributed by atoms with van der Waals surface area (Å²) in [5.41, 5.74) is 18.1. The van der Waals surface area contributed by atoms with Crippen molar-refractivity contribution < 1.29 is 21.3 Å². The van der Waals surface area contributed by atoms with Crippen molar-refractivity contribution in [2.45, 2.75) is 183 Å². The summed E-state index contributed by atoms with van der Waals surface area (Å²) in [6, 6.07) is 18.3. The number of hydrogen-bond acceptors (Lipinski definition) is 0. The summed E-state index contributed by atoms with van der Waals surface area (Å²) in [5.74, 6) is 2.99. The smallest absolute Gasteiger partial charge is 0.348 e. The van der Waals surface area contributed by atoms with Crippen molar-refractivity contribution in [1.82, 2.24) is 0 Å². The van der Waals surface area contributed by atoms with E-state index in [2.05, 4.69) is 125 Å². The summed E-state index contributed by atoms with van der Waals surface area (Å²) in [6.07, 6.45) is 36.3. The summed E-state index contributed by atoms with van der Waals surface area (Å²) < 4.78 is 0.